The number of hydrogen-bond acceptors (Lipinski definition) is 2. The molecule has 2 N–H and O–H groups in total. The molecule has 2 heteroatoms. The molecular weight excluding hydrogens is 208 g/mol. The van der Waals surface area contributed by atoms with Crippen LogP contribution in [0.15, 0.2) is 0 Å². The van der Waals surface area contributed by atoms with Crippen molar-refractivity contribution in [1.82, 2.24) is 4.90 Å². The van der Waals surface area contributed by atoms with Crippen LogP contribution in [0.2, 0.25) is 0 Å². The lowest BCUT2D eigenvalue weighted by Crippen LogP contribution is -2.65. The molecule has 0 aromatic heterocycles. The second kappa shape index (κ2) is 4.89. The van der Waals surface area contributed by atoms with Gasteiger partial charge in [-0.15, -0.1) is 0 Å². The quantitative estimate of drug-likeness (QED) is 0.819. The fraction of sp³-hybridized carbons (Fsp3) is 1.00. The van der Waals surface area contributed by atoms with Crippen LogP contribution in [-0.2, 0) is 0 Å². The van der Waals surface area contributed by atoms with Crippen LogP contribution in [0.1, 0.15) is 47.0 Å². The second-order valence-electron chi connectivity index (χ2n) is 7.19. The normalized spacial score (nSPS) is 43.8. The third-order valence-electron chi connectivity index (χ3n) is 5.15. The van der Waals surface area contributed by atoms with Gasteiger partial charge in [-0.3, -0.25) is 4.90 Å². The van der Waals surface area contributed by atoms with Gasteiger partial charge in [0, 0.05) is 25.2 Å². The second-order valence-corrected chi connectivity index (χ2v) is 7.19. The zero-order valence-corrected chi connectivity index (χ0v) is 12.1. The van der Waals surface area contributed by atoms with Gasteiger partial charge in [-0.1, -0.05) is 27.7 Å². The van der Waals surface area contributed by atoms with Crippen LogP contribution in [-0.4, -0.2) is 30.1 Å². The fourth-order valence-electron chi connectivity index (χ4n) is 3.99. The van der Waals surface area contributed by atoms with Crippen LogP contribution in [0.4, 0.5) is 0 Å². The minimum Gasteiger partial charge on any atom is -0.329 e. The molecule has 2 nitrogen and oxygen atoms in total. The first-order chi connectivity index (χ1) is 7.97. The van der Waals surface area contributed by atoms with Crippen LogP contribution < -0.4 is 5.73 Å². The maximum absolute atomic E-state index is 6.11. The lowest BCUT2D eigenvalue weighted by atomic mass is 9.62. The van der Waals surface area contributed by atoms with E-state index in [1.165, 1.54) is 32.4 Å². The van der Waals surface area contributed by atoms with Gasteiger partial charge in [-0.2, -0.15) is 0 Å². The topological polar surface area (TPSA) is 29.3 Å². The summed E-state index contributed by atoms with van der Waals surface area (Å²) in [5, 5.41) is 0. The van der Waals surface area contributed by atoms with Crippen molar-refractivity contribution in [3.63, 3.8) is 0 Å². The molecule has 1 aliphatic heterocycles. The van der Waals surface area contributed by atoms with Gasteiger partial charge in [0.2, 0.25) is 0 Å². The molecule has 2 fully saturated rings. The molecule has 1 saturated carbocycles. The van der Waals surface area contributed by atoms with E-state index in [1.54, 1.807) is 0 Å². The van der Waals surface area contributed by atoms with Crippen LogP contribution in [0.25, 0.3) is 0 Å². The summed E-state index contributed by atoms with van der Waals surface area (Å²) in [6.45, 7) is 12.9. The summed E-state index contributed by atoms with van der Waals surface area (Å²) in [4.78, 5) is 2.73. The highest BCUT2D eigenvalue weighted by atomic mass is 15.2. The highest BCUT2D eigenvalue weighted by Gasteiger charge is 2.49. The predicted octanol–water partition coefficient (Wildman–Crippen LogP) is 2.73. The molecular formula is C15H30N2. The molecule has 0 radical (unpaired) electrons. The highest BCUT2D eigenvalue weighted by Crippen LogP contribution is 2.47. The minimum atomic E-state index is 0.359. The maximum atomic E-state index is 6.11. The monoisotopic (exact) mass is 238 g/mol. The molecule has 0 spiro atoms. The Bertz CT molecular complexity index is 246. The average molecular weight is 238 g/mol. The number of rotatable bonds is 3. The van der Waals surface area contributed by atoms with Crippen LogP contribution in [0.5, 0.6) is 0 Å². The molecule has 2 rings (SSSR count). The van der Waals surface area contributed by atoms with E-state index in [4.69, 9.17) is 5.73 Å². The van der Waals surface area contributed by atoms with Gasteiger partial charge in [0.15, 0.2) is 0 Å². The summed E-state index contributed by atoms with van der Waals surface area (Å²) in [5.74, 6) is 3.43. The summed E-state index contributed by atoms with van der Waals surface area (Å²) in [5.41, 5.74) is 6.47. The van der Waals surface area contributed by atoms with E-state index in [-0.39, 0.29) is 0 Å². The number of nitrogens with zero attached hydrogens (tertiary/aromatic N) is 1. The first-order valence-corrected chi connectivity index (χ1v) is 7.42. The maximum Gasteiger partial charge on any atom is 0.0337 e. The molecule has 2 atom stereocenters. The Morgan fingerprint density at radius 3 is 2.12 bits per heavy atom. The first kappa shape index (κ1) is 13.4. The lowest BCUT2D eigenvalue weighted by Gasteiger charge is -2.58. The molecule has 2 unspecified atom stereocenters. The standard InChI is InChI=1S/C15H30N2/c1-11(2)14-6-15(7-14,10-16)17-8-12(3)5-13(4)9-17/h11-14H,5-10,16H2,1-4H3. The molecule has 1 heterocycles. The number of hydrogen-bond donors (Lipinski definition) is 1. The van der Waals surface area contributed by atoms with Crippen molar-refractivity contribution in [2.24, 2.45) is 29.4 Å². The van der Waals surface area contributed by atoms with E-state index in [0.717, 1.165) is 30.2 Å². The molecule has 0 bridgehead atoms. The highest BCUT2D eigenvalue weighted by molar-refractivity contribution is 5.05. The summed E-state index contributed by atoms with van der Waals surface area (Å²) < 4.78 is 0. The fourth-order valence-corrected chi connectivity index (χ4v) is 3.99. The predicted molar refractivity (Wildman–Crippen MR) is 73.9 cm³/mol. The first-order valence-electron chi connectivity index (χ1n) is 7.42. The van der Waals surface area contributed by atoms with Gasteiger partial charge in [0.1, 0.15) is 0 Å². The van der Waals surface area contributed by atoms with E-state index in [1.807, 2.05) is 0 Å². The Balaban J connectivity index is 1.99. The van der Waals surface area contributed by atoms with E-state index >= 15 is 0 Å². The summed E-state index contributed by atoms with van der Waals surface area (Å²) >= 11 is 0. The summed E-state index contributed by atoms with van der Waals surface area (Å²) in [7, 11) is 0. The smallest absolute Gasteiger partial charge is 0.0337 e. The van der Waals surface area contributed by atoms with Gasteiger partial charge < -0.3 is 5.73 Å². The summed E-state index contributed by atoms with van der Waals surface area (Å²) in [6.07, 6.45) is 4.06. The molecule has 0 aromatic carbocycles. The van der Waals surface area contributed by atoms with Gasteiger partial charge in [0.05, 0.1) is 0 Å². The largest absolute Gasteiger partial charge is 0.329 e. The van der Waals surface area contributed by atoms with Gasteiger partial charge >= 0.3 is 0 Å². The molecule has 2 aliphatic rings. The number of nitrogens with two attached hydrogens (primary N) is 1. The van der Waals surface area contributed by atoms with Crippen molar-refractivity contribution in [2.45, 2.75) is 52.5 Å². The Morgan fingerprint density at radius 2 is 1.71 bits per heavy atom. The molecule has 1 saturated heterocycles. The van der Waals surface area contributed by atoms with E-state index in [2.05, 4.69) is 32.6 Å². The van der Waals surface area contributed by atoms with Crippen LogP contribution in [0, 0.1) is 23.7 Å². The molecule has 17 heavy (non-hydrogen) atoms. The third kappa shape index (κ3) is 2.53. The number of likely N-dealkylation sites (tertiary alicyclic amines) is 1. The van der Waals surface area contributed by atoms with Crippen molar-refractivity contribution in [3.05, 3.63) is 0 Å². The SMILES string of the molecule is CC1CC(C)CN(C2(CN)CC(C(C)C)C2)C1. The van der Waals surface area contributed by atoms with Crippen molar-refractivity contribution >= 4 is 0 Å². The van der Waals surface area contributed by atoms with Crippen molar-refractivity contribution in [3.8, 4) is 0 Å². The van der Waals surface area contributed by atoms with E-state index in [0.29, 0.717) is 5.54 Å². The molecule has 0 amide bonds. The Kier molecular flexibility index (Phi) is 3.84. The molecule has 100 valence electrons. The Hall–Kier alpha value is -0.0800. The lowest BCUT2D eigenvalue weighted by molar-refractivity contribution is -0.0642. The van der Waals surface area contributed by atoms with E-state index < -0.39 is 0 Å². The van der Waals surface area contributed by atoms with Crippen LogP contribution in [0.3, 0.4) is 0 Å². The Labute approximate surface area is 107 Å². The van der Waals surface area contributed by atoms with Crippen LogP contribution >= 0.6 is 0 Å². The molecule has 0 aromatic rings. The summed E-state index contributed by atoms with van der Waals surface area (Å²) in [6, 6.07) is 0. The van der Waals surface area contributed by atoms with E-state index in [9.17, 15) is 0 Å². The van der Waals surface area contributed by atoms with Crippen molar-refractivity contribution in [2.75, 3.05) is 19.6 Å². The van der Waals surface area contributed by atoms with Gasteiger partial charge in [-0.05, 0) is 42.9 Å². The van der Waals surface area contributed by atoms with Gasteiger partial charge in [0.25, 0.3) is 0 Å². The zero-order valence-electron chi connectivity index (χ0n) is 12.1. The van der Waals surface area contributed by atoms with Crippen molar-refractivity contribution in [1.29, 1.82) is 0 Å². The van der Waals surface area contributed by atoms with Gasteiger partial charge in [-0.25, -0.2) is 0 Å². The third-order valence-corrected chi connectivity index (χ3v) is 5.15. The number of piperidine rings is 1. The minimum absolute atomic E-state index is 0.359. The Morgan fingerprint density at radius 1 is 1.18 bits per heavy atom. The molecule has 1 aliphatic carbocycles. The average Bonchev–Trinajstić information content (AvgIpc) is 2.14. The van der Waals surface area contributed by atoms with Crippen molar-refractivity contribution < 1.29 is 0 Å². The zero-order chi connectivity index (χ0) is 12.6.